The highest BCUT2D eigenvalue weighted by Crippen LogP contribution is 2.27. The van der Waals surface area contributed by atoms with Gasteiger partial charge in [0, 0.05) is 19.5 Å². The predicted octanol–water partition coefficient (Wildman–Crippen LogP) is 2.99. The van der Waals surface area contributed by atoms with Crippen molar-refractivity contribution in [2.45, 2.75) is 12.8 Å². The Balaban J connectivity index is 1.89. The van der Waals surface area contributed by atoms with Crippen LogP contribution in [0.1, 0.15) is 12.0 Å². The van der Waals surface area contributed by atoms with E-state index in [1.54, 1.807) is 36.4 Å². The van der Waals surface area contributed by atoms with Gasteiger partial charge in [-0.15, -0.1) is 0 Å². The number of nitrogens with zero attached hydrogens (tertiary/aromatic N) is 1. The number of carbonyl (C=O) groups excluding carboxylic acids is 1. The van der Waals surface area contributed by atoms with Crippen molar-refractivity contribution in [1.29, 1.82) is 0 Å². The second-order valence-electron chi connectivity index (χ2n) is 5.76. The van der Waals surface area contributed by atoms with E-state index in [-0.39, 0.29) is 24.7 Å². The quantitative estimate of drug-likeness (QED) is 0.743. The molecular formula is C18H20ClFN2O3S. The van der Waals surface area contributed by atoms with Crippen molar-refractivity contribution in [2.24, 2.45) is 0 Å². The lowest BCUT2D eigenvalue weighted by molar-refractivity contribution is -0.120. The van der Waals surface area contributed by atoms with E-state index >= 15 is 0 Å². The van der Waals surface area contributed by atoms with E-state index in [2.05, 4.69) is 5.32 Å². The molecule has 0 fully saturated rings. The van der Waals surface area contributed by atoms with E-state index in [4.69, 9.17) is 11.6 Å². The number of nitrogens with one attached hydrogen (secondary N) is 1. The summed E-state index contributed by atoms with van der Waals surface area (Å²) in [5.74, 6) is -0.578. The minimum atomic E-state index is -3.57. The minimum Gasteiger partial charge on any atom is -0.356 e. The van der Waals surface area contributed by atoms with Crippen molar-refractivity contribution in [1.82, 2.24) is 5.32 Å². The number of sulfonamides is 1. The number of anilines is 1. The van der Waals surface area contributed by atoms with Gasteiger partial charge in [0.2, 0.25) is 15.9 Å². The van der Waals surface area contributed by atoms with Crippen LogP contribution in [0.4, 0.5) is 10.1 Å². The van der Waals surface area contributed by atoms with Gasteiger partial charge in [0.15, 0.2) is 0 Å². The van der Waals surface area contributed by atoms with Crippen molar-refractivity contribution in [3.63, 3.8) is 0 Å². The molecule has 1 N–H and O–H groups in total. The summed E-state index contributed by atoms with van der Waals surface area (Å²) in [7, 11) is -3.57. The van der Waals surface area contributed by atoms with E-state index in [0.717, 1.165) is 16.1 Å². The second kappa shape index (κ2) is 9.00. The van der Waals surface area contributed by atoms with Gasteiger partial charge < -0.3 is 5.32 Å². The fraction of sp³-hybridized carbons (Fsp3) is 0.278. The maximum atomic E-state index is 12.8. The monoisotopic (exact) mass is 398 g/mol. The molecule has 0 radical (unpaired) electrons. The van der Waals surface area contributed by atoms with Crippen molar-refractivity contribution in [3.8, 4) is 0 Å². The summed E-state index contributed by atoms with van der Waals surface area (Å²) >= 11 is 6.07. The Hall–Kier alpha value is -2.12. The maximum Gasteiger partial charge on any atom is 0.232 e. The highest BCUT2D eigenvalue weighted by atomic mass is 35.5. The third kappa shape index (κ3) is 6.00. The lowest BCUT2D eigenvalue weighted by Crippen LogP contribution is -2.35. The van der Waals surface area contributed by atoms with Crippen LogP contribution < -0.4 is 9.62 Å². The lowest BCUT2D eigenvalue weighted by Gasteiger charge is -2.23. The Morgan fingerprint density at radius 2 is 1.81 bits per heavy atom. The predicted molar refractivity (Wildman–Crippen MR) is 101 cm³/mol. The number of hydrogen-bond acceptors (Lipinski definition) is 3. The summed E-state index contributed by atoms with van der Waals surface area (Å²) in [6, 6.07) is 12.6. The van der Waals surface area contributed by atoms with E-state index in [1.165, 1.54) is 12.1 Å². The Morgan fingerprint density at radius 1 is 1.15 bits per heavy atom. The summed E-state index contributed by atoms with van der Waals surface area (Å²) < 4.78 is 38.0. The molecule has 0 spiro atoms. The number of halogens is 2. The second-order valence-corrected chi connectivity index (χ2v) is 8.08. The van der Waals surface area contributed by atoms with Gasteiger partial charge >= 0.3 is 0 Å². The first kappa shape index (κ1) is 20.2. The molecule has 8 heteroatoms. The first-order valence-electron chi connectivity index (χ1n) is 8.01. The topological polar surface area (TPSA) is 66.5 Å². The number of amides is 1. The molecule has 0 aliphatic heterocycles. The molecule has 140 valence electrons. The average Bonchev–Trinajstić information content (AvgIpc) is 2.57. The maximum absolute atomic E-state index is 12.8. The Labute approximate surface area is 157 Å². The molecule has 0 aliphatic rings. The summed E-state index contributed by atoms with van der Waals surface area (Å²) in [5.41, 5.74) is 1.25. The van der Waals surface area contributed by atoms with E-state index in [0.29, 0.717) is 23.7 Å². The number of rotatable bonds is 8. The van der Waals surface area contributed by atoms with Gasteiger partial charge in [0.25, 0.3) is 0 Å². The van der Waals surface area contributed by atoms with Crippen molar-refractivity contribution >= 4 is 33.2 Å². The van der Waals surface area contributed by atoms with Gasteiger partial charge in [0.05, 0.1) is 17.0 Å². The molecular weight excluding hydrogens is 379 g/mol. The molecule has 2 rings (SSSR count). The molecule has 0 saturated carbocycles. The first-order valence-corrected chi connectivity index (χ1v) is 10.2. The van der Waals surface area contributed by atoms with E-state index < -0.39 is 10.0 Å². The van der Waals surface area contributed by atoms with Crippen LogP contribution in [-0.4, -0.2) is 33.7 Å². The van der Waals surface area contributed by atoms with Gasteiger partial charge in [-0.1, -0.05) is 35.9 Å². The van der Waals surface area contributed by atoms with Gasteiger partial charge in [0.1, 0.15) is 5.82 Å². The van der Waals surface area contributed by atoms with Crippen LogP contribution in [-0.2, 0) is 21.2 Å². The Bertz CT molecular complexity index is 857. The van der Waals surface area contributed by atoms with Crippen LogP contribution in [0.2, 0.25) is 5.02 Å². The van der Waals surface area contributed by atoms with Crippen LogP contribution >= 0.6 is 11.6 Å². The standard InChI is InChI=1S/C18H20ClFN2O3S/c1-26(24,25)22(17-5-3-2-4-16(17)19)13-11-18(23)21-12-10-14-6-8-15(20)9-7-14/h2-9H,10-13H2,1H3,(H,21,23). The fourth-order valence-electron chi connectivity index (χ4n) is 2.41. The van der Waals surface area contributed by atoms with Crippen LogP contribution in [0.15, 0.2) is 48.5 Å². The lowest BCUT2D eigenvalue weighted by atomic mass is 10.1. The molecule has 1 amide bonds. The number of benzene rings is 2. The zero-order valence-electron chi connectivity index (χ0n) is 14.3. The first-order chi connectivity index (χ1) is 12.3. The summed E-state index contributed by atoms with van der Waals surface area (Å²) in [6.07, 6.45) is 1.64. The Kier molecular flexibility index (Phi) is 6.99. The minimum absolute atomic E-state index is 0.00170. The molecule has 2 aromatic carbocycles. The van der Waals surface area contributed by atoms with Crippen LogP contribution in [0.25, 0.3) is 0 Å². The third-order valence-corrected chi connectivity index (χ3v) is 5.21. The van der Waals surface area contributed by atoms with Crippen LogP contribution in [0.3, 0.4) is 0 Å². The molecule has 0 aliphatic carbocycles. The molecule has 0 heterocycles. The van der Waals surface area contributed by atoms with Gasteiger partial charge in [-0.3, -0.25) is 9.10 Å². The van der Waals surface area contributed by atoms with E-state index in [1.807, 2.05) is 0 Å². The SMILES string of the molecule is CS(=O)(=O)N(CCC(=O)NCCc1ccc(F)cc1)c1ccccc1Cl. The molecule has 5 nitrogen and oxygen atoms in total. The van der Waals surface area contributed by atoms with Crippen molar-refractivity contribution < 1.29 is 17.6 Å². The zero-order chi connectivity index (χ0) is 19.2. The molecule has 0 aromatic heterocycles. The molecule has 0 unspecified atom stereocenters. The molecule has 0 saturated heterocycles. The zero-order valence-corrected chi connectivity index (χ0v) is 15.9. The van der Waals surface area contributed by atoms with Crippen LogP contribution in [0.5, 0.6) is 0 Å². The van der Waals surface area contributed by atoms with Gasteiger partial charge in [-0.25, -0.2) is 12.8 Å². The fourth-order valence-corrected chi connectivity index (χ4v) is 3.64. The van der Waals surface area contributed by atoms with Gasteiger partial charge in [-0.2, -0.15) is 0 Å². The van der Waals surface area contributed by atoms with Crippen molar-refractivity contribution in [2.75, 3.05) is 23.7 Å². The molecule has 26 heavy (non-hydrogen) atoms. The molecule has 0 bridgehead atoms. The summed E-state index contributed by atoms with van der Waals surface area (Å²) in [4.78, 5) is 12.0. The average molecular weight is 399 g/mol. The summed E-state index contributed by atoms with van der Waals surface area (Å²) in [6.45, 7) is 0.375. The summed E-state index contributed by atoms with van der Waals surface area (Å²) in [5, 5.41) is 3.03. The van der Waals surface area contributed by atoms with Gasteiger partial charge in [-0.05, 0) is 36.2 Å². The molecule has 2 aromatic rings. The largest absolute Gasteiger partial charge is 0.356 e. The molecule has 0 atom stereocenters. The van der Waals surface area contributed by atoms with Crippen molar-refractivity contribution in [3.05, 3.63) is 64.9 Å². The van der Waals surface area contributed by atoms with Crippen LogP contribution in [0, 0.1) is 5.82 Å². The van der Waals surface area contributed by atoms with E-state index in [9.17, 15) is 17.6 Å². The normalized spacial score (nSPS) is 11.2. The number of para-hydroxylation sites is 1. The number of hydrogen-bond donors (Lipinski definition) is 1. The number of carbonyl (C=O) groups is 1. The highest BCUT2D eigenvalue weighted by molar-refractivity contribution is 7.92. The third-order valence-electron chi connectivity index (χ3n) is 3.71. The highest BCUT2D eigenvalue weighted by Gasteiger charge is 2.20. The Morgan fingerprint density at radius 3 is 2.42 bits per heavy atom. The smallest absolute Gasteiger partial charge is 0.232 e.